The Labute approximate surface area is 347 Å². The van der Waals surface area contributed by atoms with Gasteiger partial charge in [-0.1, -0.05) is 188 Å². The summed E-state index contributed by atoms with van der Waals surface area (Å²) in [7, 11) is 0. The van der Waals surface area contributed by atoms with Gasteiger partial charge in [-0.2, -0.15) is 0 Å². The van der Waals surface area contributed by atoms with E-state index in [9.17, 15) is 0 Å². The smallest absolute Gasteiger partial charge is 0.137 e. The normalized spacial score (nSPS) is 11.7. The van der Waals surface area contributed by atoms with Crippen LogP contribution in [0.3, 0.4) is 0 Å². The van der Waals surface area contributed by atoms with E-state index in [0.717, 1.165) is 55.7 Å². The van der Waals surface area contributed by atoms with Crippen molar-refractivity contribution < 1.29 is 4.42 Å². The zero-order valence-electron chi connectivity index (χ0n) is 32.7. The molecule has 0 fully saturated rings. The maximum Gasteiger partial charge on any atom is 0.137 e. The lowest BCUT2D eigenvalue weighted by Gasteiger charge is -2.29. The molecule has 2 heteroatoms. The second kappa shape index (κ2) is 13.9. The largest absolute Gasteiger partial charge is 0.456 e. The van der Waals surface area contributed by atoms with Crippen LogP contribution in [0.2, 0.25) is 0 Å². The van der Waals surface area contributed by atoms with Crippen molar-refractivity contribution in [2.45, 2.75) is 0 Å². The van der Waals surface area contributed by atoms with E-state index in [-0.39, 0.29) is 0 Å². The van der Waals surface area contributed by atoms with Crippen molar-refractivity contribution in [3.63, 3.8) is 0 Å². The van der Waals surface area contributed by atoms with Crippen LogP contribution in [0.15, 0.2) is 229 Å². The summed E-state index contributed by atoms with van der Waals surface area (Å²) in [6.45, 7) is 0. The van der Waals surface area contributed by atoms with E-state index in [1.165, 1.54) is 59.8 Å². The van der Waals surface area contributed by atoms with Crippen LogP contribution >= 0.6 is 0 Å². The molecule has 2 nitrogen and oxygen atoms in total. The molecule has 12 rings (SSSR count). The number of anilines is 3. The van der Waals surface area contributed by atoms with E-state index < -0.39 is 0 Å². The van der Waals surface area contributed by atoms with Gasteiger partial charge in [0, 0.05) is 16.6 Å². The molecule has 0 spiro atoms. The first-order valence-corrected chi connectivity index (χ1v) is 20.6. The van der Waals surface area contributed by atoms with E-state index in [0.29, 0.717) is 0 Å². The van der Waals surface area contributed by atoms with Gasteiger partial charge in [-0.25, -0.2) is 0 Å². The molecule has 0 bridgehead atoms. The average Bonchev–Trinajstić information content (AvgIpc) is 3.71. The molecule has 0 amide bonds. The Morgan fingerprint density at radius 1 is 0.283 bits per heavy atom. The highest BCUT2D eigenvalue weighted by Crippen LogP contribution is 2.47. The highest BCUT2D eigenvalue weighted by Gasteiger charge is 2.22. The fourth-order valence-corrected chi connectivity index (χ4v) is 9.49. The molecule has 12 aromatic rings. The molecule has 0 unspecified atom stereocenters. The Hall–Kier alpha value is -7.94. The Morgan fingerprint density at radius 2 is 0.783 bits per heavy atom. The lowest BCUT2D eigenvalue weighted by molar-refractivity contribution is 0.669. The van der Waals surface area contributed by atoms with E-state index >= 15 is 0 Å². The molecule has 0 aliphatic heterocycles. The SMILES string of the molecule is c1cc(-c2cccc3c2ccc2ccccc23)cc(N(c2ccccc2-c2ccc(-c3cccc4c3ccc3ccccc34)cc2)c2cccc3oc4ccccc4c23)c1. The molecule has 11 aromatic carbocycles. The van der Waals surface area contributed by atoms with Crippen LogP contribution in [-0.2, 0) is 0 Å². The van der Waals surface area contributed by atoms with Gasteiger partial charge in [-0.15, -0.1) is 0 Å². The third-order valence-corrected chi connectivity index (χ3v) is 12.3. The minimum absolute atomic E-state index is 0.862. The second-order valence-corrected chi connectivity index (χ2v) is 15.6. The van der Waals surface area contributed by atoms with Crippen molar-refractivity contribution in [1.29, 1.82) is 0 Å². The summed E-state index contributed by atoms with van der Waals surface area (Å²) in [5.74, 6) is 0. The number of fused-ring (bicyclic) bond motifs is 9. The van der Waals surface area contributed by atoms with Gasteiger partial charge >= 0.3 is 0 Å². The second-order valence-electron chi connectivity index (χ2n) is 15.6. The van der Waals surface area contributed by atoms with Crippen molar-refractivity contribution in [1.82, 2.24) is 0 Å². The molecule has 0 atom stereocenters. The standard InChI is InChI=1S/C58H37NO/c1-3-17-44-38(13-1)33-35-51-46(21-10-23-49(44)51)40-29-31-41(32-30-40)48-19-5-7-25-54(48)59(55-26-12-28-57-58(55)53-20-6-8-27-56(53)60-57)43-16-9-15-42(37-43)47-22-11-24-50-45-18-4-2-14-39(45)34-36-52(47)50/h1-37H. The van der Waals surface area contributed by atoms with Gasteiger partial charge in [0.25, 0.3) is 0 Å². The average molecular weight is 764 g/mol. The number of benzene rings is 11. The van der Waals surface area contributed by atoms with E-state index in [4.69, 9.17) is 4.42 Å². The summed E-state index contributed by atoms with van der Waals surface area (Å²) in [5, 5.41) is 12.3. The first kappa shape index (κ1) is 34.1. The molecule has 1 heterocycles. The van der Waals surface area contributed by atoms with Crippen LogP contribution < -0.4 is 4.90 Å². The van der Waals surface area contributed by atoms with Gasteiger partial charge in [-0.3, -0.25) is 0 Å². The number of hydrogen-bond acceptors (Lipinski definition) is 2. The molecule has 280 valence electrons. The Kier molecular flexibility index (Phi) is 7.89. The molecule has 1 aromatic heterocycles. The van der Waals surface area contributed by atoms with Crippen LogP contribution in [0.1, 0.15) is 0 Å². The highest BCUT2D eigenvalue weighted by molar-refractivity contribution is 6.15. The van der Waals surface area contributed by atoms with Crippen molar-refractivity contribution in [3.05, 3.63) is 224 Å². The van der Waals surface area contributed by atoms with Crippen molar-refractivity contribution in [2.75, 3.05) is 4.90 Å². The number of rotatable bonds is 6. The third kappa shape index (κ3) is 5.50. The van der Waals surface area contributed by atoms with Crippen LogP contribution in [-0.4, -0.2) is 0 Å². The van der Waals surface area contributed by atoms with E-state index in [2.05, 4.69) is 223 Å². The number of para-hydroxylation sites is 2. The third-order valence-electron chi connectivity index (χ3n) is 12.3. The van der Waals surface area contributed by atoms with Crippen LogP contribution in [0.25, 0.3) is 98.4 Å². The number of nitrogens with zero attached hydrogens (tertiary/aromatic N) is 1. The summed E-state index contributed by atoms with van der Waals surface area (Å²) in [5.41, 5.74) is 12.0. The van der Waals surface area contributed by atoms with Crippen LogP contribution in [0.4, 0.5) is 17.1 Å². The molecule has 0 radical (unpaired) electrons. The zero-order valence-corrected chi connectivity index (χ0v) is 32.7. The molecule has 0 saturated carbocycles. The fraction of sp³-hybridized carbons (Fsp3) is 0. The summed E-state index contributed by atoms with van der Waals surface area (Å²) >= 11 is 0. The number of hydrogen-bond donors (Lipinski definition) is 0. The van der Waals surface area contributed by atoms with Crippen molar-refractivity contribution in [3.8, 4) is 33.4 Å². The van der Waals surface area contributed by atoms with Gasteiger partial charge in [0.15, 0.2) is 0 Å². The van der Waals surface area contributed by atoms with Gasteiger partial charge in [-0.05, 0) is 107 Å². The summed E-state index contributed by atoms with van der Waals surface area (Å²) < 4.78 is 6.49. The van der Waals surface area contributed by atoms with E-state index in [1.54, 1.807) is 0 Å². The highest BCUT2D eigenvalue weighted by atomic mass is 16.3. The van der Waals surface area contributed by atoms with E-state index in [1.807, 2.05) is 6.07 Å². The zero-order chi connectivity index (χ0) is 39.6. The quantitative estimate of drug-likeness (QED) is 0.157. The van der Waals surface area contributed by atoms with Crippen LogP contribution in [0, 0.1) is 0 Å². The summed E-state index contributed by atoms with van der Waals surface area (Å²) in [4.78, 5) is 2.42. The first-order chi connectivity index (χ1) is 29.8. The van der Waals surface area contributed by atoms with Crippen molar-refractivity contribution in [2.24, 2.45) is 0 Å². The minimum atomic E-state index is 0.862. The van der Waals surface area contributed by atoms with Crippen LogP contribution in [0.5, 0.6) is 0 Å². The van der Waals surface area contributed by atoms with Gasteiger partial charge in [0.05, 0.1) is 16.8 Å². The molecule has 60 heavy (non-hydrogen) atoms. The Balaban J connectivity index is 1.04. The molecular weight excluding hydrogens is 727 g/mol. The lowest BCUT2D eigenvalue weighted by Crippen LogP contribution is -2.11. The molecule has 0 aliphatic carbocycles. The topological polar surface area (TPSA) is 16.4 Å². The summed E-state index contributed by atoms with van der Waals surface area (Å²) in [6.07, 6.45) is 0. The first-order valence-electron chi connectivity index (χ1n) is 20.6. The lowest BCUT2D eigenvalue weighted by atomic mass is 9.93. The molecule has 0 saturated heterocycles. The maximum absolute atomic E-state index is 6.49. The van der Waals surface area contributed by atoms with Gasteiger partial charge in [0.1, 0.15) is 11.2 Å². The summed E-state index contributed by atoms with van der Waals surface area (Å²) in [6, 6.07) is 81.3. The van der Waals surface area contributed by atoms with Gasteiger partial charge < -0.3 is 9.32 Å². The Morgan fingerprint density at radius 3 is 1.50 bits per heavy atom. The molecule has 0 aliphatic rings. The monoisotopic (exact) mass is 763 g/mol. The molecular formula is C58H37NO. The Bertz CT molecular complexity index is 3610. The van der Waals surface area contributed by atoms with Crippen molar-refractivity contribution >= 4 is 82.1 Å². The number of furan rings is 1. The predicted molar refractivity (Wildman–Crippen MR) is 255 cm³/mol. The minimum Gasteiger partial charge on any atom is -0.456 e. The predicted octanol–water partition coefficient (Wildman–Crippen LogP) is 16.7. The maximum atomic E-state index is 6.49. The van der Waals surface area contributed by atoms with Gasteiger partial charge in [0.2, 0.25) is 0 Å². The molecule has 0 N–H and O–H groups in total. The fourth-order valence-electron chi connectivity index (χ4n) is 9.49.